The van der Waals surface area contributed by atoms with Gasteiger partial charge in [-0.2, -0.15) is 0 Å². The Balaban J connectivity index is 3.89. The van der Waals surface area contributed by atoms with Crippen LogP contribution in [0, 0.1) is 0 Å². The van der Waals surface area contributed by atoms with Crippen molar-refractivity contribution in [3.05, 3.63) is 0 Å². The summed E-state index contributed by atoms with van der Waals surface area (Å²) >= 11 is 4.90. The van der Waals surface area contributed by atoms with E-state index in [0.717, 1.165) is 0 Å². The Morgan fingerprint density at radius 1 is 1.38 bits per heavy atom. The number of hydrogen-bond donors (Lipinski definition) is 1. The molecule has 2 unspecified atom stereocenters. The maximum Gasteiger partial charge on any atom is 0.114 e. The highest BCUT2D eigenvalue weighted by Gasteiger charge is 2.16. The van der Waals surface area contributed by atoms with E-state index in [1.54, 1.807) is 0 Å². The number of hydrogen-bond acceptors (Lipinski definition) is 2. The monoisotopic (exact) mass is 410 g/mol. The molecule has 0 heterocycles. The van der Waals surface area contributed by atoms with Crippen LogP contribution in [0.25, 0.3) is 0 Å². The Kier molecular flexibility index (Phi) is 8.45. The second kappa shape index (κ2) is 7.64. The summed E-state index contributed by atoms with van der Waals surface area (Å²) in [6.07, 6.45) is 1.20. The molecule has 13 heavy (non-hydrogen) atoms. The standard InChI is InChI=1S/C9H20I2N2/c1-5-8(6-10)12-9(11)13(4)7(2)3/h7-9,12H,5-6H2,1-4H3. The van der Waals surface area contributed by atoms with E-state index in [1.165, 1.54) is 10.8 Å². The molecule has 0 fully saturated rings. The predicted molar refractivity (Wildman–Crippen MR) is 76.8 cm³/mol. The zero-order chi connectivity index (χ0) is 10.4. The van der Waals surface area contributed by atoms with Crippen molar-refractivity contribution in [2.24, 2.45) is 0 Å². The average Bonchev–Trinajstić information content (AvgIpc) is 2.12. The summed E-state index contributed by atoms with van der Waals surface area (Å²) in [6, 6.07) is 1.24. The SMILES string of the molecule is CCC(CI)NC(I)N(C)C(C)C. The first-order valence-electron chi connectivity index (χ1n) is 4.70. The van der Waals surface area contributed by atoms with Crippen LogP contribution in [0.3, 0.4) is 0 Å². The molecule has 0 aromatic rings. The van der Waals surface area contributed by atoms with Crippen LogP contribution in [-0.4, -0.2) is 32.6 Å². The van der Waals surface area contributed by atoms with E-state index in [4.69, 9.17) is 0 Å². The second-order valence-electron chi connectivity index (χ2n) is 3.52. The smallest absolute Gasteiger partial charge is 0.114 e. The van der Waals surface area contributed by atoms with Crippen LogP contribution in [0.5, 0.6) is 0 Å². The van der Waals surface area contributed by atoms with Crippen LogP contribution in [0.1, 0.15) is 27.2 Å². The highest BCUT2D eigenvalue weighted by molar-refractivity contribution is 14.1. The molecule has 0 amide bonds. The van der Waals surface area contributed by atoms with Gasteiger partial charge in [-0.15, -0.1) is 0 Å². The van der Waals surface area contributed by atoms with Crippen molar-refractivity contribution in [1.29, 1.82) is 0 Å². The first kappa shape index (κ1) is 14.4. The molecule has 1 N–H and O–H groups in total. The van der Waals surface area contributed by atoms with Gasteiger partial charge in [0.05, 0.1) is 0 Å². The molecule has 0 bridgehead atoms. The molecule has 80 valence electrons. The quantitative estimate of drug-likeness (QED) is 0.314. The lowest BCUT2D eigenvalue weighted by Gasteiger charge is -2.30. The Morgan fingerprint density at radius 3 is 2.23 bits per heavy atom. The first-order chi connectivity index (χ1) is 6.02. The van der Waals surface area contributed by atoms with Gasteiger partial charge in [0.15, 0.2) is 0 Å². The number of nitrogens with one attached hydrogen (secondary N) is 1. The molecule has 0 aromatic heterocycles. The van der Waals surface area contributed by atoms with Crippen LogP contribution in [0.4, 0.5) is 0 Å². The van der Waals surface area contributed by atoms with Gasteiger partial charge < -0.3 is 0 Å². The molecule has 0 spiro atoms. The average molecular weight is 410 g/mol. The number of alkyl halides is 2. The van der Waals surface area contributed by atoms with Crippen molar-refractivity contribution in [2.45, 2.75) is 43.4 Å². The molecule has 0 rings (SSSR count). The largest absolute Gasteiger partial charge is 0.290 e. The molecule has 0 saturated carbocycles. The van der Waals surface area contributed by atoms with Crippen LogP contribution in [-0.2, 0) is 0 Å². The number of halogens is 2. The summed E-state index contributed by atoms with van der Waals surface area (Å²) in [6.45, 7) is 6.67. The molecule has 0 aliphatic heterocycles. The fourth-order valence-electron chi connectivity index (χ4n) is 0.845. The van der Waals surface area contributed by atoms with E-state index in [9.17, 15) is 0 Å². The third kappa shape index (κ3) is 5.74. The summed E-state index contributed by atoms with van der Waals surface area (Å²) < 4.78 is 1.62. The van der Waals surface area contributed by atoms with Crippen molar-refractivity contribution in [1.82, 2.24) is 10.2 Å². The minimum absolute atomic E-state index is 0.442. The van der Waals surface area contributed by atoms with Gasteiger partial charge in [0.2, 0.25) is 0 Å². The fraction of sp³-hybridized carbons (Fsp3) is 1.00. The third-order valence-corrected chi connectivity index (χ3v) is 4.53. The zero-order valence-corrected chi connectivity index (χ0v) is 13.2. The normalized spacial score (nSPS) is 16.6. The predicted octanol–water partition coefficient (Wildman–Crippen LogP) is 2.85. The molecular formula is C9H20I2N2. The van der Waals surface area contributed by atoms with Gasteiger partial charge in [-0.3, -0.25) is 10.2 Å². The van der Waals surface area contributed by atoms with E-state index in [1.807, 2.05) is 0 Å². The van der Waals surface area contributed by atoms with Crippen molar-refractivity contribution in [3.8, 4) is 0 Å². The number of rotatable bonds is 6. The molecule has 2 nitrogen and oxygen atoms in total. The van der Waals surface area contributed by atoms with Crippen molar-refractivity contribution >= 4 is 45.2 Å². The number of nitrogens with zero attached hydrogens (tertiary/aromatic N) is 1. The molecule has 0 radical (unpaired) electrons. The van der Waals surface area contributed by atoms with Gasteiger partial charge in [0.1, 0.15) is 4.17 Å². The molecular weight excluding hydrogens is 390 g/mol. The lowest BCUT2D eigenvalue weighted by atomic mass is 10.3. The summed E-state index contributed by atoms with van der Waals surface area (Å²) in [5.41, 5.74) is 0. The Morgan fingerprint density at radius 2 is 1.92 bits per heavy atom. The summed E-state index contributed by atoms with van der Waals surface area (Å²) in [5, 5.41) is 3.60. The lowest BCUT2D eigenvalue weighted by molar-refractivity contribution is 0.228. The van der Waals surface area contributed by atoms with Crippen molar-refractivity contribution in [3.63, 3.8) is 0 Å². The third-order valence-electron chi connectivity index (χ3n) is 2.22. The Hall–Kier alpha value is 1.38. The van der Waals surface area contributed by atoms with Gasteiger partial charge >= 0.3 is 0 Å². The lowest BCUT2D eigenvalue weighted by Crippen LogP contribution is -2.47. The van der Waals surface area contributed by atoms with E-state index in [0.29, 0.717) is 16.3 Å². The minimum Gasteiger partial charge on any atom is -0.290 e. The maximum absolute atomic E-state index is 3.60. The molecule has 2 atom stereocenters. The summed E-state index contributed by atoms with van der Waals surface area (Å²) in [7, 11) is 2.16. The van der Waals surface area contributed by atoms with Gasteiger partial charge in [0.25, 0.3) is 0 Å². The first-order valence-corrected chi connectivity index (χ1v) is 7.48. The van der Waals surface area contributed by atoms with E-state index in [2.05, 4.69) is 83.2 Å². The molecule has 0 saturated heterocycles. The summed E-state index contributed by atoms with van der Waals surface area (Å²) in [4.78, 5) is 2.34. The van der Waals surface area contributed by atoms with E-state index in [-0.39, 0.29) is 0 Å². The molecule has 0 aromatic carbocycles. The molecule has 0 aliphatic carbocycles. The van der Waals surface area contributed by atoms with Gasteiger partial charge in [-0.25, -0.2) is 0 Å². The maximum atomic E-state index is 3.60. The van der Waals surface area contributed by atoms with Crippen LogP contribution in [0.2, 0.25) is 0 Å². The Bertz CT molecular complexity index is 127. The van der Waals surface area contributed by atoms with E-state index >= 15 is 0 Å². The van der Waals surface area contributed by atoms with Crippen molar-refractivity contribution in [2.75, 3.05) is 11.5 Å². The minimum atomic E-state index is 0.442. The second-order valence-corrected chi connectivity index (χ2v) is 5.58. The molecule has 0 aliphatic rings. The van der Waals surface area contributed by atoms with Crippen LogP contribution >= 0.6 is 45.2 Å². The highest BCUT2D eigenvalue weighted by atomic mass is 127. The van der Waals surface area contributed by atoms with Crippen molar-refractivity contribution < 1.29 is 0 Å². The topological polar surface area (TPSA) is 15.3 Å². The Labute approximate surface area is 109 Å². The fourth-order valence-corrected chi connectivity index (χ4v) is 2.87. The van der Waals surface area contributed by atoms with Gasteiger partial charge in [-0.1, -0.05) is 29.5 Å². The molecule has 4 heteroatoms. The zero-order valence-electron chi connectivity index (χ0n) is 8.85. The van der Waals surface area contributed by atoms with E-state index < -0.39 is 0 Å². The highest BCUT2D eigenvalue weighted by Crippen LogP contribution is 2.09. The van der Waals surface area contributed by atoms with Gasteiger partial charge in [-0.05, 0) is 49.9 Å². The van der Waals surface area contributed by atoms with Crippen LogP contribution in [0.15, 0.2) is 0 Å². The summed E-state index contributed by atoms with van der Waals surface area (Å²) in [5.74, 6) is 0. The van der Waals surface area contributed by atoms with Crippen LogP contribution < -0.4 is 5.32 Å². The van der Waals surface area contributed by atoms with Gasteiger partial charge in [0, 0.05) is 16.5 Å².